The fourth-order valence-corrected chi connectivity index (χ4v) is 3.04. The van der Waals surface area contributed by atoms with Crippen molar-refractivity contribution >= 4 is 22.9 Å². The summed E-state index contributed by atoms with van der Waals surface area (Å²) in [5.74, 6) is 0. The molecule has 0 atom stereocenters. The topological polar surface area (TPSA) is 12.0 Å². The zero-order valence-corrected chi connectivity index (χ0v) is 12.4. The molecular weight excluding hydrogens is 262 g/mol. The Morgan fingerprint density at radius 1 is 1.22 bits per heavy atom. The fraction of sp³-hybridized carbons (Fsp3) is 0.333. The second kappa shape index (κ2) is 6.37. The molecule has 96 valence electrons. The summed E-state index contributed by atoms with van der Waals surface area (Å²) in [7, 11) is 0. The van der Waals surface area contributed by atoms with E-state index < -0.39 is 0 Å². The van der Waals surface area contributed by atoms with Gasteiger partial charge in [-0.25, -0.2) is 0 Å². The molecule has 1 aromatic heterocycles. The number of benzene rings is 1. The third kappa shape index (κ3) is 3.35. The summed E-state index contributed by atoms with van der Waals surface area (Å²) >= 11 is 7.65. The minimum Gasteiger partial charge on any atom is -0.313 e. The lowest BCUT2D eigenvalue weighted by molar-refractivity contribution is 0.675. The van der Waals surface area contributed by atoms with Crippen LogP contribution in [0.25, 0.3) is 10.4 Å². The number of halogens is 1. The van der Waals surface area contributed by atoms with Crippen molar-refractivity contribution in [1.29, 1.82) is 0 Å². The first-order chi connectivity index (χ1) is 8.70. The zero-order chi connectivity index (χ0) is 13.0. The van der Waals surface area contributed by atoms with Crippen molar-refractivity contribution in [3.8, 4) is 10.4 Å². The molecule has 0 saturated carbocycles. The molecule has 2 rings (SSSR count). The maximum Gasteiger partial charge on any atom is 0.0934 e. The van der Waals surface area contributed by atoms with Crippen LogP contribution in [0.1, 0.15) is 24.5 Å². The van der Waals surface area contributed by atoms with Crippen LogP contribution in [-0.4, -0.2) is 6.54 Å². The van der Waals surface area contributed by atoms with E-state index in [9.17, 15) is 0 Å². The van der Waals surface area contributed by atoms with Gasteiger partial charge in [-0.2, -0.15) is 0 Å². The largest absolute Gasteiger partial charge is 0.313 e. The van der Waals surface area contributed by atoms with Gasteiger partial charge < -0.3 is 5.32 Å². The van der Waals surface area contributed by atoms with E-state index in [4.69, 9.17) is 11.6 Å². The van der Waals surface area contributed by atoms with Crippen molar-refractivity contribution in [2.45, 2.75) is 26.8 Å². The average Bonchev–Trinajstić information content (AvgIpc) is 2.78. The van der Waals surface area contributed by atoms with Crippen LogP contribution < -0.4 is 5.32 Å². The molecule has 0 unspecified atom stereocenters. The first kappa shape index (κ1) is 13.6. The van der Waals surface area contributed by atoms with Gasteiger partial charge in [-0.05, 0) is 54.8 Å². The van der Waals surface area contributed by atoms with Gasteiger partial charge in [0.1, 0.15) is 0 Å². The van der Waals surface area contributed by atoms with E-state index in [0.29, 0.717) is 0 Å². The quantitative estimate of drug-likeness (QED) is 0.770. The third-order valence-corrected chi connectivity index (χ3v) is 4.16. The maximum absolute atomic E-state index is 6.01. The molecule has 2 aromatic rings. The normalized spacial score (nSPS) is 10.8. The van der Waals surface area contributed by atoms with Crippen molar-refractivity contribution < 1.29 is 0 Å². The number of rotatable bonds is 5. The van der Waals surface area contributed by atoms with E-state index >= 15 is 0 Å². The first-order valence-corrected chi connectivity index (χ1v) is 7.46. The Bertz CT molecular complexity index is 519. The highest BCUT2D eigenvalue weighted by Crippen LogP contribution is 2.33. The van der Waals surface area contributed by atoms with Gasteiger partial charge in [-0.3, -0.25) is 0 Å². The number of aryl methyl sites for hydroxylation is 1. The van der Waals surface area contributed by atoms with Gasteiger partial charge >= 0.3 is 0 Å². The third-order valence-electron chi connectivity index (χ3n) is 2.90. The lowest BCUT2D eigenvalue weighted by Gasteiger charge is -2.08. The second-order valence-electron chi connectivity index (χ2n) is 4.43. The Morgan fingerprint density at radius 3 is 2.72 bits per heavy atom. The van der Waals surface area contributed by atoms with Crippen LogP contribution in [-0.2, 0) is 6.54 Å². The predicted octanol–water partition coefficient (Wildman–Crippen LogP) is 4.88. The van der Waals surface area contributed by atoms with E-state index in [0.717, 1.165) is 17.4 Å². The van der Waals surface area contributed by atoms with Crippen molar-refractivity contribution in [2.24, 2.45) is 0 Å². The smallest absolute Gasteiger partial charge is 0.0934 e. The standard InChI is InChI=1S/C15H18ClNS/c1-3-8-17-10-12-5-4-11(2)13(9-12)14-6-7-15(16)18-14/h4-7,9,17H,3,8,10H2,1-2H3. The summed E-state index contributed by atoms with van der Waals surface area (Å²) in [6.07, 6.45) is 1.17. The van der Waals surface area contributed by atoms with E-state index in [1.165, 1.54) is 28.0 Å². The van der Waals surface area contributed by atoms with Crippen molar-refractivity contribution in [2.75, 3.05) is 6.54 Å². The average molecular weight is 280 g/mol. The van der Waals surface area contributed by atoms with Gasteiger partial charge in [0.15, 0.2) is 0 Å². The van der Waals surface area contributed by atoms with E-state index in [1.54, 1.807) is 11.3 Å². The van der Waals surface area contributed by atoms with E-state index in [-0.39, 0.29) is 0 Å². The number of thiophene rings is 1. The number of hydrogen-bond donors (Lipinski definition) is 1. The van der Waals surface area contributed by atoms with Gasteiger partial charge in [0.05, 0.1) is 4.34 Å². The molecule has 0 aliphatic carbocycles. The van der Waals surface area contributed by atoms with Gasteiger partial charge in [0.2, 0.25) is 0 Å². The lowest BCUT2D eigenvalue weighted by Crippen LogP contribution is -2.13. The molecule has 0 aliphatic heterocycles. The summed E-state index contributed by atoms with van der Waals surface area (Å²) in [4.78, 5) is 1.25. The van der Waals surface area contributed by atoms with Crippen LogP contribution in [0.4, 0.5) is 0 Å². The molecule has 0 amide bonds. The Labute approximate surface area is 118 Å². The molecular formula is C15H18ClNS. The Morgan fingerprint density at radius 2 is 2.06 bits per heavy atom. The van der Waals surface area contributed by atoms with Crippen LogP contribution in [0.15, 0.2) is 30.3 Å². The SMILES string of the molecule is CCCNCc1ccc(C)c(-c2ccc(Cl)s2)c1. The number of hydrogen-bond acceptors (Lipinski definition) is 2. The Balaban J connectivity index is 2.21. The fourth-order valence-electron chi connectivity index (χ4n) is 1.91. The molecule has 1 N–H and O–H groups in total. The maximum atomic E-state index is 6.01. The van der Waals surface area contributed by atoms with Gasteiger partial charge in [-0.15, -0.1) is 11.3 Å². The highest BCUT2D eigenvalue weighted by molar-refractivity contribution is 7.19. The van der Waals surface area contributed by atoms with Gasteiger partial charge in [0.25, 0.3) is 0 Å². The zero-order valence-electron chi connectivity index (χ0n) is 10.8. The van der Waals surface area contributed by atoms with Crippen LogP contribution in [0, 0.1) is 6.92 Å². The Hall–Kier alpha value is -0.830. The van der Waals surface area contributed by atoms with Crippen LogP contribution in [0.5, 0.6) is 0 Å². The highest BCUT2D eigenvalue weighted by Gasteiger charge is 2.06. The first-order valence-electron chi connectivity index (χ1n) is 6.26. The minimum absolute atomic E-state index is 0.846. The summed E-state index contributed by atoms with van der Waals surface area (Å²) in [6, 6.07) is 10.7. The summed E-state index contributed by atoms with van der Waals surface area (Å²) in [5, 5.41) is 3.43. The van der Waals surface area contributed by atoms with Gasteiger partial charge in [0, 0.05) is 11.4 Å². The molecule has 3 heteroatoms. The second-order valence-corrected chi connectivity index (χ2v) is 6.14. The molecule has 0 radical (unpaired) electrons. The molecule has 0 aliphatic rings. The molecule has 18 heavy (non-hydrogen) atoms. The summed E-state index contributed by atoms with van der Waals surface area (Å²) in [6.45, 7) is 6.32. The summed E-state index contributed by atoms with van der Waals surface area (Å²) in [5.41, 5.74) is 3.92. The van der Waals surface area contributed by atoms with Crippen LogP contribution in [0.3, 0.4) is 0 Å². The molecule has 0 saturated heterocycles. The monoisotopic (exact) mass is 279 g/mol. The summed E-state index contributed by atoms with van der Waals surface area (Å²) < 4.78 is 0.846. The van der Waals surface area contributed by atoms with Crippen molar-refractivity contribution in [1.82, 2.24) is 5.32 Å². The highest BCUT2D eigenvalue weighted by atomic mass is 35.5. The molecule has 0 spiro atoms. The molecule has 0 fully saturated rings. The van der Waals surface area contributed by atoms with E-state index in [1.807, 2.05) is 6.07 Å². The lowest BCUT2D eigenvalue weighted by atomic mass is 10.0. The van der Waals surface area contributed by atoms with Gasteiger partial charge in [-0.1, -0.05) is 30.7 Å². The van der Waals surface area contributed by atoms with Crippen molar-refractivity contribution in [3.05, 3.63) is 45.8 Å². The molecule has 1 aromatic carbocycles. The number of nitrogens with one attached hydrogen (secondary N) is 1. The molecule has 1 nitrogen and oxygen atoms in total. The molecule has 1 heterocycles. The van der Waals surface area contributed by atoms with Crippen LogP contribution >= 0.6 is 22.9 Å². The van der Waals surface area contributed by atoms with Crippen LogP contribution in [0.2, 0.25) is 4.34 Å². The molecule has 0 bridgehead atoms. The Kier molecular flexibility index (Phi) is 4.81. The van der Waals surface area contributed by atoms with E-state index in [2.05, 4.69) is 43.4 Å². The van der Waals surface area contributed by atoms with Crippen molar-refractivity contribution in [3.63, 3.8) is 0 Å². The predicted molar refractivity (Wildman–Crippen MR) is 81.5 cm³/mol. The minimum atomic E-state index is 0.846.